The molecule has 232 valence electrons. The van der Waals surface area contributed by atoms with Crippen LogP contribution in [0.1, 0.15) is 11.1 Å². The van der Waals surface area contributed by atoms with Gasteiger partial charge in [-0.2, -0.15) is 13.2 Å². The summed E-state index contributed by atoms with van der Waals surface area (Å²) < 4.78 is 42.9. The molecule has 0 amide bonds. The van der Waals surface area contributed by atoms with Gasteiger partial charge in [-0.15, -0.1) is 0 Å². The molecule has 0 saturated heterocycles. The van der Waals surface area contributed by atoms with E-state index in [0.29, 0.717) is 0 Å². The van der Waals surface area contributed by atoms with Gasteiger partial charge in [-0.1, -0.05) is 109 Å². The normalized spacial score (nSPS) is 13.5. The lowest BCUT2D eigenvalue weighted by molar-refractivity contribution is -0.0328. The molecule has 0 saturated carbocycles. The molecule has 0 fully saturated rings. The third kappa shape index (κ3) is 4.37. The highest BCUT2D eigenvalue weighted by molar-refractivity contribution is 8.00. The summed E-state index contributed by atoms with van der Waals surface area (Å²) >= 11 is -0.0522. The monoisotopic (exact) mass is 648 g/mol. The van der Waals surface area contributed by atoms with Crippen LogP contribution >= 0.6 is 11.8 Å². The van der Waals surface area contributed by atoms with E-state index in [9.17, 15) is 13.2 Å². The number of anilines is 6. The summed E-state index contributed by atoms with van der Waals surface area (Å²) in [4.78, 5) is 4.58. The molecule has 0 radical (unpaired) electrons. The molecular formula is C41H28BF3N2S. The Hall–Kier alpha value is -5.14. The Kier molecular flexibility index (Phi) is 6.47. The van der Waals surface area contributed by atoms with E-state index in [-0.39, 0.29) is 23.4 Å². The average Bonchev–Trinajstić information content (AvgIpc) is 3.08. The van der Waals surface area contributed by atoms with Crippen LogP contribution in [0.15, 0.2) is 138 Å². The second-order valence-electron chi connectivity index (χ2n) is 12.5. The van der Waals surface area contributed by atoms with Gasteiger partial charge in [-0.3, -0.25) is 0 Å². The zero-order valence-corrected chi connectivity index (χ0v) is 27.0. The fourth-order valence-electron chi connectivity index (χ4n) is 7.81. The number of alkyl halides is 3. The summed E-state index contributed by atoms with van der Waals surface area (Å²) in [6.07, 6.45) is 0. The molecule has 0 aliphatic carbocycles. The fourth-order valence-corrected chi connectivity index (χ4v) is 8.42. The number of hydrogen-bond acceptors (Lipinski definition) is 3. The third-order valence-electron chi connectivity index (χ3n) is 9.76. The Labute approximate surface area is 281 Å². The van der Waals surface area contributed by atoms with Crippen molar-refractivity contribution in [2.75, 3.05) is 9.80 Å². The van der Waals surface area contributed by atoms with E-state index in [4.69, 9.17) is 0 Å². The van der Waals surface area contributed by atoms with E-state index in [1.165, 1.54) is 0 Å². The summed E-state index contributed by atoms with van der Waals surface area (Å²) in [5, 5.41) is 4.27. The maximum atomic E-state index is 14.3. The first kappa shape index (κ1) is 29.0. The van der Waals surface area contributed by atoms with Crippen molar-refractivity contribution in [2.24, 2.45) is 0 Å². The lowest BCUT2D eigenvalue weighted by Gasteiger charge is -2.45. The molecule has 2 aliphatic heterocycles. The van der Waals surface area contributed by atoms with Crippen LogP contribution < -0.4 is 26.2 Å². The number of rotatable bonds is 3. The van der Waals surface area contributed by atoms with Crippen LogP contribution in [0.25, 0.3) is 21.5 Å². The highest BCUT2D eigenvalue weighted by atomic mass is 32.2. The molecule has 0 unspecified atom stereocenters. The standard InChI is InChI=1S/C41H28BF3N2S/c1-25-11-3-9-17-34(25)46-36-23-29(48-41(43,44)45)24-37-38(36)42(32-21-19-27-13-5-7-15-30(27)39(32)46)33-22-20-28-14-6-8-16-31(28)40(33)47(37)35-18-10-4-12-26(35)2/h3-24H,1-2H3. The quantitative estimate of drug-likeness (QED) is 0.139. The molecule has 2 aliphatic rings. The van der Waals surface area contributed by atoms with Crippen molar-refractivity contribution in [3.8, 4) is 0 Å². The van der Waals surface area contributed by atoms with Crippen LogP contribution in [0.5, 0.6) is 0 Å². The van der Waals surface area contributed by atoms with Gasteiger partial charge in [0, 0.05) is 49.8 Å². The Balaban J connectivity index is 1.49. The van der Waals surface area contributed by atoms with Crippen molar-refractivity contribution in [1.29, 1.82) is 0 Å². The highest BCUT2D eigenvalue weighted by Crippen LogP contribution is 2.50. The van der Waals surface area contributed by atoms with Gasteiger partial charge in [0.2, 0.25) is 0 Å². The van der Waals surface area contributed by atoms with Crippen molar-refractivity contribution >= 4 is 90.5 Å². The lowest BCUT2D eigenvalue weighted by atomic mass is 9.33. The van der Waals surface area contributed by atoms with Gasteiger partial charge in [-0.25, -0.2) is 0 Å². The second kappa shape index (κ2) is 10.7. The molecule has 2 heterocycles. The van der Waals surface area contributed by atoms with Crippen molar-refractivity contribution < 1.29 is 13.2 Å². The predicted octanol–water partition coefficient (Wildman–Crippen LogP) is 10.3. The molecule has 9 rings (SSSR count). The van der Waals surface area contributed by atoms with Gasteiger partial charge in [0.15, 0.2) is 0 Å². The minimum Gasteiger partial charge on any atom is -0.311 e. The molecule has 0 aromatic heterocycles. The van der Waals surface area contributed by atoms with Gasteiger partial charge in [0.1, 0.15) is 0 Å². The van der Waals surface area contributed by atoms with E-state index < -0.39 is 5.51 Å². The van der Waals surface area contributed by atoms with E-state index >= 15 is 0 Å². The van der Waals surface area contributed by atoms with Crippen LogP contribution in [0, 0.1) is 13.8 Å². The van der Waals surface area contributed by atoms with Crippen LogP contribution in [-0.2, 0) is 0 Å². The number of para-hydroxylation sites is 2. The SMILES string of the molecule is Cc1ccccc1N1c2cc(SC(F)(F)F)cc3c2B(c2ccc4ccccc4c21)c1ccc2ccccc2c1N3c1ccccc1C. The predicted molar refractivity (Wildman–Crippen MR) is 197 cm³/mol. The van der Waals surface area contributed by atoms with Gasteiger partial charge < -0.3 is 9.80 Å². The number of nitrogens with zero attached hydrogens (tertiary/aromatic N) is 2. The van der Waals surface area contributed by atoms with Crippen LogP contribution in [0.2, 0.25) is 0 Å². The third-order valence-corrected chi connectivity index (χ3v) is 10.5. The smallest absolute Gasteiger partial charge is 0.311 e. The van der Waals surface area contributed by atoms with E-state index in [0.717, 1.165) is 83.2 Å². The molecule has 0 bridgehead atoms. The van der Waals surface area contributed by atoms with Gasteiger partial charge in [-0.05, 0) is 88.2 Å². The van der Waals surface area contributed by atoms with Crippen molar-refractivity contribution in [3.05, 3.63) is 145 Å². The molecule has 48 heavy (non-hydrogen) atoms. The molecule has 0 atom stereocenters. The number of halogens is 3. The molecule has 0 spiro atoms. The maximum Gasteiger partial charge on any atom is 0.446 e. The summed E-state index contributed by atoms with van der Waals surface area (Å²) in [6.45, 7) is 3.92. The Morgan fingerprint density at radius 3 is 1.42 bits per heavy atom. The Morgan fingerprint density at radius 1 is 0.521 bits per heavy atom. The minimum atomic E-state index is -4.46. The minimum absolute atomic E-state index is 0.0522. The Bertz CT molecular complexity index is 2280. The van der Waals surface area contributed by atoms with Crippen LogP contribution in [0.3, 0.4) is 0 Å². The fraction of sp³-hybridized carbons (Fsp3) is 0.0732. The average molecular weight is 649 g/mol. The first-order chi connectivity index (χ1) is 23.3. The summed E-state index contributed by atoms with van der Waals surface area (Å²) in [7, 11) is 0. The second-order valence-corrected chi connectivity index (χ2v) is 13.7. The molecule has 0 N–H and O–H groups in total. The van der Waals surface area contributed by atoms with Crippen LogP contribution in [-0.4, -0.2) is 12.2 Å². The lowest BCUT2D eigenvalue weighted by Crippen LogP contribution is -2.61. The van der Waals surface area contributed by atoms with Gasteiger partial charge in [0.05, 0.1) is 0 Å². The summed E-state index contributed by atoms with van der Waals surface area (Å²) in [5.41, 5.74) is 6.29. The molecule has 2 nitrogen and oxygen atoms in total. The first-order valence-electron chi connectivity index (χ1n) is 16.0. The summed E-state index contributed by atoms with van der Waals surface area (Å²) in [6, 6.07) is 45.2. The topological polar surface area (TPSA) is 6.48 Å². The maximum absolute atomic E-state index is 14.3. The van der Waals surface area contributed by atoms with E-state index in [1.807, 2.05) is 48.5 Å². The Morgan fingerprint density at radius 2 is 0.958 bits per heavy atom. The molecule has 7 heteroatoms. The first-order valence-corrected chi connectivity index (χ1v) is 16.8. The van der Waals surface area contributed by atoms with E-state index in [1.54, 1.807) is 12.1 Å². The number of hydrogen-bond donors (Lipinski definition) is 0. The van der Waals surface area contributed by atoms with E-state index in [2.05, 4.69) is 96.4 Å². The number of thioether (sulfide) groups is 1. The molecular weight excluding hydrogens is 620 g/mol. The van der Waals surface area contributed by atoms with Crippen molar-refractivity contribution in [1.82, 2.24) is 0 Å². The number of aryl methyl sites for hydroxylation is 2. The molecule has 7 aromatic carbocycles. The zero-order valence-electron chi connectivity index (χ0n) is 26.2. The number of fused-ring (bicyclic) bond motifs is 8. The van der Waals surface area contributed by atoms with Gasteiger partial charge >= 0.3 is 5.51 Å². The molecule has 7 aromatic rings. The van der Waals surface area contributed by atoms with Crippen molar-refractivity contribution in [3.63, 3.8) is 0 Å². The van der Waals surface area contributed by atoms with Gasteiger partial charge in [0.25, 0.3) is 6.71 Å². The highest BCUT2D eigenvalue weighted by Gasteiger charge is 2.45. The van der Waals surface area contributed by atoms with Crippen LogP contribution in [0.4, 0.5) is 47.3 Å². The number of benzene rings is 7. The summed E-state index contributed by atoms with van der Waals surface area (Å²) in [5.74, 6) is 0. The largest absolute Gasteiger partial charge is 0.446 e. The zero-order chi connectivity index (χ0) is 32.7. The van der Waals surface area contributed by atoms with Crippen molar-refractivity contribution in [2.45, 2.75) is 24.3 Å².